The molecule has 1 amide bonds. The fraction of sp³-hybridized carbons (Fsp3) is 0.286. The van der Waals surface area contributed by atoms with Gasteiger partial charge < -0.3 is 5.32 Å². The summed E-state index contributed by atoms with van der Waals surface area (Å²) < 4.78 is 78.8. The third-order valence-corrected chi connectivity index (χ3v) is 6.02. The van der Waals surface area contributed by atoms with Gasteiger partial charge in [0.2, 0.25) is 11.5 Å². The minimum atomic E-state index is -4.96. The maximum atomic E-state index is 14.1. The van der Waals surface area contributed by atoms with Crippen LogP contribution in [0.15, 0.2) is 53.9 Å². The Morgan fingerprint density at radius 3 is 2.06 bits per heavy atom. The van der Waals surface area contributed by atoms with Gasteiger partial charge in [-0.3, -0.25) is 9.63 Å². The first-order chi connectivity index (χ1) is 15.7. The number of amides is 1. The summed E-state index contributed by atoms with van der Waals surface area (Å²) in [6.07, 6.45) is -10.3. The van der Waals surface area contributed by atoms with E-state index in [9.17, 15) is 31.1 Å². The summed E-state index contributed by atoms with van der Waals surface area (Å²) in [6, 6.07) is 9.27. The van der Waals surface area contributed by atoms with Crippen LogP contribution in [0.4, 0.5) is 26.3 Å². The number of rotatable bonds is 9. The first-order valence-electron chi connectivity index (χ1n) is 9.32. The van der Waals surface area contributed by atoms with Crippen LogP contribution in [0.3, 0.4) is 0 Å². The number of halogens is 8. The van der Waals surface area contributed by atoms with Crippen LogP contribution in [0.1, 0.15) is 17.5 Å². The Labute approximate surface area is 205 Å². The van der Waals surface area contributed by atoms with Gasteiger partial charge in [-0.25, -0.2) is 5.90 Å². The quantitative estimate of drug-likeness (QED) is 0.213. The van der Waals surface area contributed by atoms with E-state index in [1.807, 2.05) is 0 Å². The molecule has 0 aromatic heterocycles. The fourth-order valence-electron chi connectivity index (χ4n) is 2.92. The van der Waals surface area contributed by atoms with Gasteiger partial charge in [0, 0.05) is 21.4 Å². The average molecular weight is 547 g/mol. The smallest absolute Gasteiger partial charge is 0.346 e. The molecular formula is C21H18Cl2F6N2O2S. The van der Waals surface area contributed by atoms with Crippen molar-refractivity contribution in [3.8, 4) is 0 Å². The second-order valence-corrected chi connectivity index (χ2v) is 9.01. The molecule has 0 fully saturated rings. The van der Waals surface area contributed by atoms with E-state index in [-0.39, 0.29) is 21.4 Å². The molecule has 13 heteroatoms. The Morgan fingerprint density at radius 1 is 1.03 bits per heavy atom. The van der Waals surface area contributed by atoms with Gasteiger partial charge in [-0.15, -0.1) is 11.8 Å². The van der Waals surface area contributed by atoms with Gasteiger partial charge in [-0.1, -0.05) is 41.9 Å². The standard InChI is InChI=1S/C21H18Cl2F6N2O2S/c1-12(9-19(33-30,21(27,28)29)14-6-15(22)8-16(23)7-14)13-2-4-17(5-3-13)34-10-18(32)31-11-20(24,25)26/h2-8H,1,9-11,30H2,(H,31,32). The molecule has 2 aromatic rings. The predicted octanol–water partition coefficient (Wildman–Crippen LogP) is 6.52. The summed E-state index contributed by atoms with van der Waals surface area (Å²) in [4.78, 5) is 16.5. The third-order valence-electron chi connectivity index (χ3n) is 4.57. The summed E-state index contributed by atoms with van der Waals surface area (Å²) >= 11 is 12.7. The normalized spacial score (nSPS) is 13.9. The number of carbonyl (C=O) groups excluding carboxylic acids is 1. The zero-order valence-electron chi connectivity index (χ0n) is 17.2. The summed E-state index contributed by atoms with van der Waals surface area (Å²) in [5.74, 6) is 4.05. The van der Waals surface area contributed by atoms with Gasteiger partial charge in [0.05, 0.1) is 5.75 Å². The van der Waals surface area contributed by atoms with Crippen molar-refractivity contribution < 1.29 is 36.0 Å². The van der Waals surface area contributed by atoms with Gasteiger partial charge in [-0.2, -0.15) is 26.3 Å². The van der Waals surface area contributed by atoms with Crippen molar-refractivity contribution in [3.05, 3.63) is 70.2 Å². The molecule has 0 aliphatic heterocycles. The number of benzene rings is 2. The van der Waals surface area contributed by atoms with Crippen molar-refractivity contribution in [2.75, 3.05) is 12.3 Å². The van der Waals surface area contributed by atoms with Crippen molar-refractivity contribution in [1.82, 2.24) is 5.32 Å². The Morgan fingerprint density at radius 2 is 1.59 bits per heavy atom. The number of hydrogen-bond donors (Lipinski definition) is 2. The molecular weight excluding hydrogens is 529 g/mol. The molecule has 3 N–H and O–H groups in total. The number of carbonyl (C=O) groups is 1. The molecule has 0 aliphatic rings. The van der Waals surface area contributed by atoms with Crippen molar-refractivity contribution in [2.45, 2.75) is 29.3 Å². The topological polar surface area (TPSA) is 64.3 Å². The van der Waals surface area contributed by atoms with E-state index < -0.39 is 42.4 Å². The van der Waals surface area contributed by atoms with Crippen LogP contribution in [0, 0.1) is 0 Å². The van der Waals surface area contributed by atoms with Gasteiger partial charge in [0.1, 0.15) is 6.54 Å². The molecule has 1 unspecified atom stereocenters. The maximum absolute atomic E-state index is 14.1. The zero-order valence-corrected chi connectivity index (χ0v) is 19.5. The average Bonchev–Trinajstić information content (AvgIpc) is 2.72. The number of alkyl halides is 6. The zero-order chi connectivity index (χ0) is 25.7. The monoisotopic (exact) mass is 546 g/mol. The van der Waals surface area contributed by atoms with Gasteiger partial charge in [-0.05, 0) is 47.0 Å². The van der Waals surface area contributed by atoms with Crippen molar-refractivity contribution in [2.24, 2.45) is 5.90 Å². The van der Waals surface area contributed by atoms with Crippen molar-refractivity contribution in [1.29, 1.82) is 0 Å². The van der Waals surface area contributed by atoms with E-state index in [2.05, 4.69) is 11.4 Å². The van der Waals surface area contributed by atoms with Crippen molar-refractivity contribution in [3.63, 3.8) is 0 Å². The van der Waals surface area contributed by atoms with E-state index in [4.69, 9.17) is 29.1 Å². The maximum Gasteiger partial charge on any atom is 0.424 e. The van der Waals surface area contributed by atoms with E-state index in [0.29, 0.717) is 10.5 Å². The van der Waals surface area contributed by atoms with Crippen LogP contribution in [0.25, 0.3) is 5.57 Å². The Bertz CT molecular complexity index is 1010. The fourth-order valence-corrected chi connectivity index (χ4v) is 4.17. The molecule has 0 spiro atoms. The highest BCUT2D eigenvalue weighted by Crippen LogP contribution is 2.48. The molecule has 0 heterocycles. The minimum Gasteiger partial charge on any atom is -0.346 e. The third kappa shape index (κ3) is 7.54. The minimum absolute atomic E-state index is 0.0262. The molecule has 2 aromatic carbocycles. The lowest BCUT2D eigenvalue weighted by Gasteiger charge is -2.35. The molecule has 0 saturated heterocycles. The SMILES string of the molecule is C=C(CC(ON)(c1cc(Cl)cc(Cl)c1)C(F)(F)F)c1ccc(SCC(=O)NCC(F)(F)F)cc1. The summed E-state index contributed by atoms with van der Waals surface area (Å²) in [6.45, 7) is 2.28. The van der Waals surface area contributed by atoms with Gasteiger partial charge in [0.15, 0.2) is 0 Å². The van der Waals surface area contributed by atoms with Gasteiger partial charge in [0.25, 0.3) is 0 Å². The molecule has 34 heavy (non-hydrogen) atoms. The summed E-state index contributed by atoms with van der Waals surface area (Å²) in [5, 5.41) is 1.66. The second-order valence-electron chi connectivity index (χ2n) is 7.09. The second kappa shape index (κ2) is 11.2. The first kappa shape index (κ1) is 28.3. The number of hydrogen-bond acceptors (Lipinski definition) is 4. The predicted molar refractivity (Wildman–Crippen MR) is 119 cm³/mol. The van der Waals surface area contributed by atoms with E-state index in [0.717, 1.165) is 23.9 Å². The van der Waals surface area contributed by atoms with E-state index in [1.54, 1.807) is 5.32 Å². The highest BCUT2D eigenvalue weighted by molar-refractivity contribution is 8.00. The van der Waals surface area contributed by atoms with Crippen LogP contribution in [0.2, 0.25) is 10.0 Å². The number of thioether (sulfide) groups is 1. The molecule has 1 atom stereocenters. The van der Waals surface area contributed by atoms with Crippen LogP contribution in [-0.4, -0.2) is 30.6 Å². The van der Waals surface area contributed by atoms with E-state index in [1.165, 1.54) is 30.3 Å². The summed E-state index contributed by atoms with van der Waals surface area (Å²) in [7, 11) is 0. The van der Waals surface area contributed by atoms with Gasteiger partial charge >= 0.3 is 12.4 Å². The van der Waals surface area contributed by atoms with Crippen LogP contribution < -0.4 is 11.2 Å². The Balaban J connectivity index is 2.16. The lowest BCUT2D eigenvalue weighted by Crippen LogP contribution is -2.47. The molecule has 186 valence electrons. The number of nitrogens with two attached hydrogens (primary N) is 1. The Kier molecular flexibility index (Phi) is 9.34. The van der Waals surface area contributed by atoms with Crippen LogP contribution in [-0.2, 0) is 15.2 Å². The largest absolute Gasteiger partial charge is 0.424 e. The molecule has 4 nitrogen and oxygen atoms in total. The van der Waals surface area contributed by atoms with Crippen LogP contribution >= 0.6 is 35.0 Å². The summed E-state index contributed by atoms with van der Waals surface area (Å²) in [5.41, 5.74) is -3.04. The molecule has 0 aliphatic carbocycles. The molecule has 2 rings (SSSR count). The molecule has 0 saturated carbocycles. The van der Waals surface area contributed by atoms with E-state index >= 15 is 0 Å². The molecule has 0 bridgehead atoms. The lowest BCUT2D eigenvalue weighted by molar-refractivity contribution is -0.285. The Hall–Kier alpha value is -1.92. The number of nitrogens with one attached hydrogen (secondary N) is 1. The molecule has 0 radical (unpaired) electrons. The van der Waals surface area contributed by atoms with Crippen LogP contribution in [0.5, 0.6) is 0 Å². The lowest BCUT2D eigenvalue weighted by atomic mass is 9.84. The highest BCUT2D eigenvalue weighted by Gasteiger charge is 2.58. The first-order valence-corrected chi connectivity index (χ1v) is 11.1. The van der Waals surface area contributed by atoms with Crippen molar-refractivity contribution >= 4 is 46.4 Å². The highest BCUT2D eigenvalue weighted by atomic mass is 35.5.